The molecule has 7 nitrogen and oxygen atoms in total. The number of benzene rings is 1. The zero-order valence-corrected chi connectivity index (χ0v) is 15.1. The second-order valence-corrected chi connectivity index (χ2v) is 6.22. The zero-order valence-electron chi connectivity index (χ0n) is 15.1. The molecule has 134 valence electrons. The van der Waals surface area contributed by atoms with E-state index in [1.165, 1.54) is 0 Å². The van der Waals surface area contributed by atoms with Gasteiger partial charge < -0.3 is 9.26 Å². The predicted octanol–water partition coefficient (Wildman–Crippen LogP) is 2.56. The Balaban J connectivity index is 1.91. The van der Waals surface area contributed by atoms with Crippen LogP contribution in [0.3, 0.4) is 0 Å². The molecule has 2 amide bonds. The normalized spacial score (nSPS) is 10.6. The fraction of sp³-hybridized carbons (Fsp3) is 0.389. The van der Waals surface area contributed by atoms with Crippen molar-refractivity contribution < 1.29 is 18.8 Å². The Kier molecular flexibility index (Phi) is 5.80. The summed E-state index contributed by atoms with van der Waals surface area (Å²) < 4.78 is 10.7. The van der Waals surface area contributed by atoms with Gasteiger partial charge in [-0.3, -0.25) is 20.4 Å². The summed E-state index contributed by atoms with van der Waals surface area (Å²) in [6.07, 6.45) is 0. The van der Waals surface area contributed by atoms with Crippen molar-refractivity contribution >= 4 is 11.8 Å². The molecule has 1 aromatic heterocycles. The molecule has 0 saturated heterocycles. The van der Waals surface area contributed by atoms with Gasteiger partial charge in [-0.05, 0) is 38.0 Å². The summed E-state index contributed by atoms with van der Waals surface area (Å²) in [6.45, 7) is 9.11. The molecule has 0 atom stereocenters. The van der Waals surface area contributed by atoms with E-state index in [1.54, 1.807) is 6.92 Å². The second-order valence-electron chi connectivity index (χ2n) is 6.22. The van der Waals surface area contributed by atoms with E-state index >= 15 is 0 Å². The quantitative estimate of drug-likeness (QED) is 0.812. The summed E-state index contributed by atoms with van der Waals surface area (Å²) in [5.74, 6) is 0.191. The number of amides is 2. The first kappa shape index (κ1) is 18.5. The average molecular weight is 345 g/mol. The predicted molar refractivity (Wildman–Crippen MR) is 92.3 cm³/mol. The van der Waals surface area contributed by atoms with Crippen LogP contribution in [0, 0.1) is 20.8 Å². The summed E-state index contributed by atoms with van der Waals surface area (Å²) >= 11 is 0. The smallest absolute Gasteiger partial charge is 0.276 e. The van der Waals surface area contributed by atoms with E-state index in [1.807, 2.05) is 45.9 Å². The third kappa shape index (κ3) is 4.59. The van der Waals surface area contributed by atoms with Crippen molar-refractivity contribution in [3.63, 3.8) is 0 Å². The number of aromatic nitrogens is 1. The summed E-state index contributed by atoms with van der Waals surface area (Å²) in [7, 11) is 0. The molecule has 25 heavy (non-hydrogen) atoms. The van der Waals surface area contributed by atoms with E-state index < -0.39 is 11.8 Å². The average Bonchev–Trinajstić information content (AvgIpc) is 2.95. The monoisotopic (exact) mass is 345 g/mol. The van der Waals surface area contributed by atoms with Gasteiger partial charge in [0.05, 0.1) is 5.69 Å². The first-order chi connectivity index (χ1) is 11.8. The largest absolute Gasteiger partial charge is 0.483 e. The van der Waals surface area contributed by atoms with Gasteiger partial charge in [0.25, 0.3) is 11.8 Å². The van der Waals surface area contributed by atoms with Gasteiger partial charge in [0.15, 0.2) is 12.4 Å². The van der Waals surface area contributed by atoms with E-state index in [0.717, 1.165) is 11.1 Å². The SMILES string of the molecule is Cc1ccc(C)c(OCC(=O)NNC(=O)c2c(C)noc2C(C)C)c1. The molecule has 0 aliphatic heterocycles. The van der Waals surface area contributed by atoms with Crippen LogP contribution in [0.15, 0.2) is 22.7 Å². The number of rotatable bonds is 5. The van der Waals surface area contributed by atoms with E-state index in [4.69, 9.17) is 9.26 Å². The molecule has 7 heteroatoms. The molecule has 0 saturated carbocycles. The molecule has 0 spiro atoms. The number of nitrogens with one attached hydrogen (secondary N) is 2. The molecular weight excluding hydrogens is 322 g/mol. The lowest BCUT2D eigenvalue weighted by Crippen LogP contribution is -2.44. The number of hydrazine groups is 1. The first-order valence-corrected chi connectivity index (χ1v) is 8.05. The highest BCUT2D eigenvalue weighted by molar-refractivity contribution is 5.97. The molecule has 0 bridgehead atoms. The topological polar surface area (TPSA) is 93.5 Å². The molecule has 2 aromatic rings. The molecular formula is C18H23N3O4. The fourth-order valence-electron chi connectivity index (χ4n) is 2.29. The molecule has 2 rings (SSSR count). The molecule has 1 aromatic carbocycles. The van der Waals surface area contributed by atoms with E-state index in [9.17, 15) is 9.59 Å². The Labute approximate surface area is 146 Å². The summed E-state index contributed by atoms with van der Waals surface area (Å²) in [5.41, 5.74) is 7.49. The van der Waals surface area contributed by atoms with E-state index in [2.05, 4.69) is 16.0 Å². The van der Waals surface area contributed by atoms with Crippen LogP contribution in [0.5, 0.6) is 5.75 Å². The van der Waals surface area contributed by atoms with Crippen LogP contribution < -0.4 is 15.6 Å². The van der Waals surface area contributed by atoms with Crippen molar-refractivity contribution in [3.05, 3.63) is 46.3 Å². The van der Waals surface area contributed by atoms with Crippen LogP contribution in [0.25, 0.3) is 0 Å². The first-order valence-electron chi connectivity index (χ1n) is 8.05. The molecule has 0 unspecified atom stereocenters. The van der Waals surface area contributed by atoms with E-state index in [-0.39, 0.29) is 12.5 Å². The van der Waals surface area contributed by atoms with Crippen molar-refractivity contribution in [1.29, 1.82) is 0 Å². The molecule has 0 aliphatic rings. The number of ether oxygens (including phenoxy) is 1. The Hall–Kier alpha value is -2.83. The van der Waals surface area contributed by atoms with Crippen molar-refractivity contribution in [2.24, 2.45) is 0 Å². The third-order valence-electron chi connectivity index (χ3n) is 3.66. The minimum Gasteiger partial charge on any atom is -0.483 e. The number of hydrogen-bond acceptors (Lipinski definition) is 5. The highest BCUT2D eigenvalue weighted by Gasteiger charge is 2.22. The summed E-state index contributed by atoms with van der Waals surface area (Å²) in [6, 6.07) is 5.75. The molecule has 0 aliphatic carbocycles. The summed E-state index contributed by atoms with van der Waals surface area (Å²) in [4.78, 5) is 24.2. The summed E-state index contributed by atoms with van der Waals surface area (Å²) in [5, 5.41) is 3.81. The number of hydrogen-bond donors (Lipinski definition) is 2. The third-order valence-corrected chi connectivity index (χ3v) is 3.66. The molecule has 1 heterocycles. The number of nitrogens with zero attached hydrogens (tertiary/aromatic N) is 1. The van der Waals surface area contributed by atoms with Gasteiger partial charge in [-0.25, -0.2) is 0 Å². The Morgan fingerprint density at radius 3 is 2.60 bits per heavy atom. The van der Waals surface area contributed by atoms with Crippen LogP contribution in [-0.2, 0) is 4.79 Å². The van der Waals surface area contributed by atoms with Crippen molar-refractivity contribution in [2.75, 3.05) is 6.61 Å². The molecule has 0 fully saturated rings. The molecule has 2 N–H and O–H groups in total. The van der Waals surface area contributed by atoms with E-state index in [0.29, 0.717) is 22.8 Å². The van der Waals surface area contributed by atoms with Gasteiger partial charge in [0, 0.05) is 5.92 Å². The fourth-order valence-corrected chi connectivity index (χ4v) is 2.29. The van der Waals surface area contributed by atoms with Gasteiger partial charge in [-0.2, -0.15) is 0 Å². The number of aryl methyl sites for hydroxylation is 3. The minimum absolute atomic E-state index is 0.00489. The van der Waals surface area contributed by atoms with Gasteiger partial charge in [0.1, 0.15) is 11.3 Å². The maximum absolute atomic E-state index is 12.3. The van der Waals surface area contributed by atoms with Gasteiger partial charge in [-0.1, -0.05) is 31.1 Å². The van der Waals surface area contributed by atoms with Crippen LogP contribution in [0.4, 0.5) is 0 Å². The van der Waals surface area contributed by atoms with Crippen LogP contribution in [0.2, 0.25) is 0 Å². The standard InChI is InChI=1S/C18H23N3O4/c1-10(2)17-16(13(5)21-25-17)18(23)20-19-15(22)9-24-14-8-11(3)6-7-12(14)4/h6-8,10H,9H2,1-5H3,(H,19,22)(H,20,23). The Morgan fingerprint density at radius 2 is 1.92 bits per heavy atom. The van der Waals surface area contributed by atoms with Gasteiger partial charge in [0.2, 0.25) is 0 Å². The van der Waals surface area contributed by atoms with Crippen LogP contribution >= 0.6 is 0 Å². The van der Waals surface area contributed by atoms with Crippen molar-refractivity contribution in [2.45, 2.75) is 40.5 Å². The Bertz CT molecular complexity index is 781. The lowest BCUT2D eigenvalue weighted by molar-refractivity contribution is -0.123. The lowest BCUT2D eigenvalue weighted by atomic mass is 10.1. The lowest BCUT2D eigenvalue weighted by Gasteiger charge is -2.11. The highest BCUT2D eigenvalue weighted by Crippen LogP contribution is 2.22. The number of carbonyl (C=O) groups excluding carboxylic acids is 2. The van der Waals surface area contributed by atoms with Gasteiger partial charge in [-0.15, -0.1) is 0 Å². The van der Waals surface area contributed by atoms with Crippen molar-refractivity contribution in [1.82, 2.24) is 16.0 Å². The zero-order chi connectivity index (χ0) is 18.6. The molecule has 0 radical (unpaired) electrons. The second kappa shape index (κ2) is 7.83. The van der Waals surface area contributed by atoms with Gasteiger partial charge >= 0.3 is 0 Å². The number of carbonyl (C=O) groups is 2. The Morgan fingerprint density at radius 1 is 1.20 bits per heavy atom. The minimum atomic E-state index is -0.470. The van der Waals surface area contributed by atoms with Crippen LogP contribution in [0.1, 0.15) is 52.7 Å². The van der Waals surface area contributed by atoms with Crippen molar-refractivity contribution in [3.8, 4) is 5.75 Å². The highest BCUT2D eigenvalue weighted by atomic mass is 16.5. The van der Waals surface area contributed by atoms with Crippen LogP contribution in [-0.4, -0.2) is 23.6 Å². The maximum Gasteiger partial charge on any atom is 0.276 e. The maximum atomic E-state index is 12.3.